The minimum Gasteiger partial charge on any atom is -0.435 e. The van der Waals surface area contributed by atoms with E-state index in [0.717, 1.165) is 0 Å². The molecule has 1 aromatic carbocycles. The molecule has 0 aliphatic heterocycles. The predicted molar refractivity (Wildman–Crippen MR) is 60.8 cm³/mol. The van der Waals surface area contributed by atoms with Crippen LogP contribution in [0.2, 0.25) is 5.02 Å². The van der Waals surface area contributed by atoms with Crippen molar-refractivity contribution in [1.82, 2.24) is 0 Å². The molecular weight excluding hydrogens is 305 g/mol. The second-order valence-corrected chi connectivity index (χ2v) is 4.84. The smallest absolute Gasteiger partial charge is 0.387 e. The lowest BCUT2D eigenvalue weighted by Gasteiger charge is -2.08. The molecule has 1 aromatic rings. The van der Waals surface area contributed by atoms with Crippen molar-refractivity contribution in [2.45, 2.75) is 18.4 Å². The van der Waals surface area contributed by atoms with Gasteiger partial charge in [-0.05, 0) is 25.1 Å². The molecule has 0 N–H and O–H groups in total. The van der Waals surface area contributed by atoms with Gasteiger partial charge in [0.05, 0.1) is 4.83 Å². The van der Waals surface area contributed by atoms with Gasteiger partial charge >= 0.3 is 6.61 Å². The van der Waals surface area contributed by atoms with E-state index in [1.54, 1.807) is 6.92 Å². The molecule has 0 aliphatic carbocycles. The Morgan fingerprint density at radius 3 is 2.56 bits per heavy atom. The van der Waals surface area contributed by atoms with Gasteiger partial charge in [-0.15, -0.1) is 0 Å². The molecule has 0 bridgehead atoms. The van der Waals surface area contributed by atoms with E-state index in [2.05, 4.69) is 20.7 Å². The fraction of sp³-hybridized carbons (Fsp3) is 0.300. The number of benzene rings is 1. The van der Waals surface area contributed by atoms with Crippen LogP contribution in [0.3, 0.4) is 0 Å². The molecule has 0 aliphatic rings. The Morgan fingerprint density at radius 2 is 2.06 bits per heavy atom. The first-order valence-corrected chi connectivity index (χ1v) is 5.63. The van der Waals surface area contributed by atoms with Crippen LogP contribution in [-0.4, -0.2) is 17.2 Å². The van der Waals surface area contributed by atoms with Crippen LogP contribution in [0, 0.1) is 0 Å². The van der Waals surface area contributed by atoms with E-state index in [9.17, 15) is 13.6 Å². The Labute approximate surface area is 105 Å². The summed E-state index contributed by atoms with van der Waals surface area (Å²) in [4.78, 5) is 11.2. The summed E-state index contributed by atoms with van der Waals surface area (Å²) in [7, 11) is 0. The van der Waals surface area contributed by atoms with Crippen LogP contribution in [-0.2, 0) is 0 Å². The number of halogens is 4. The maximum Gasteiger partial charge on any atom is 0.387 e. The van der Waals surface area contributed by atoms with Crippen molar-refractivity contribution < 1.29 is 18.3 Å². The summed E-state index contributed by atoms with van der Waals surface area (Å²) in [6.07, 6.45) is 0. The minimum absolute atomic E-state index is 0.126. The summed E-state index contributed by atoms with van der Waals surface area (Å²) in [5, 5.41) is 0.176. The summed E-state index contributed by atoms with van der Waals surface area (Å²) < 4.78 is 28.1. The predicted octanol–water partition coefficient (Wildman–Crippen LogP) is 3.91. The molecule has 1 atom stereocenters. The van der Waals surface area contributed by atoms with Gasteiger partial charge in [0.15, 0.2) is 5.78 Å². The molecule has 0 saturated carbocycles. The molecule has 0 aromatic heterocycles. The van der Waals surface area contributed by atoms with Gasteiger partial charge in [-0.1, -0.05) is 27.5 Å². The number of ketones is 1. The lowest BCUT2D eigenvalue weighted by atomic mass is 10.1. The molecule has 1 unspecified atom stereocenters. The standard InChI is InChI=1S/C10H8BrClF2O2/c1-5(11)9(15)6-2-7(12)4-8(3-6)16-10(13)14/h2-5,10H,1H3. The molecular formula is C10H8BrClF2O2. The van der Waals surface area contributed by atoms with Crippen molar-refractivity contribution in [1.29, 1.82) is 0 Å². The zero-order chi connectivity index (χ0) is 12.3. The Balaban J connectivity index is 3.03. The summed E-state index contributed by atoms with van der Waals surface area (Å²) in [6.45, 7) is -1.31. The summed E-state index contributed by atoms with van der Waals surface area (Å²) in [5.74, 6) is -0.374. The van der Waals surface area contributed by atoms with Gasteiger partial charge in [0.2, 0.25) is 0 Å². The van der Waals surface area contributed by atoms with E-state index in [4.69, 9.17) is 11.6 Å². The van der Waals surface area contributed by atoms with E-state index in [0.29, 0.717) is 0 Å². The highest BCUT2D eigenvalue weighted by atomic mass is 79.9. The molecule has 1 rings (SSSR count). The molecule has 0 fully saturated rings. The third-order valence-electron chi connectivity index (χ3n) is 1.74. The van der Waals surface area contributed by atoms with Gasteiger partial charge in [0.1, 0.15) is 5.75 Å². The lowest BCUT2D eigenvalue weighted by molar-refractivity contribution is -0.0498. The fourth-order valence-electron chi connectivity index (χ4n) is 1.11. The van der Waals surface area contributed by atoms with Crippen LogP contribution < -0.4 is 4.74 Å². The van der Waals surface area contributed by atoms with Crippen LogP contribution >= 0.6 is 27.5 Å². The molecule has 0 spiro atoms. The molecule has 0 radical (unpaired) electrons. The number of hydrogen-bond donors (Lipinski definition) is 0. The van der Waals surface area contributed by atoms with Crippen LogP contribution in [0.25, 0.3) is 0 Å². The van der Waals surface area contributed by atoms with Crippen LogP contribution in [0.15, 0.2) is 18.2 Å². The van der Waals surface area contributed by atoms with Gasteiger partial charge in [-0.3, -0.25) is 4.79 Å². The normalized spacial score (nSPS) is 12.6. The average Bonchev–Trinajstić information content (AvgIpc) is 2.14. The number of alkyl halides is 3. The highest BCUT2D eigenvalue weighted by molar-refractivity contribution is 9.10. The number of Topliss-reactive ketones (excluding diaryl/α,β-unsaturated/α-hetero) is 1. The van der Waals surface area contributed by atoms with E-state index >= 15 is 0 Å². The first-order chi connectivity index (χ1) is 7.40. The highest BCUT2D eigenvalue weighted by Crippen LogP contribution is 2.24. The van der Waals surface area contributed by atoms with Gasteiger partial charge in [-0.25, -0.2) is 0 Å². The molecule has 0 amide bonds. The Bertz CT molecular complexity index is 396. The molecule has 0 saturated heterocycles. The number of carbonyl (C=O) groups excluding carboxylic acids is 1. The van der Waals surface area contributed by atoms with Crippen LogP contribution in [0.5, 0.6) is 5.75 Å². The summed E-state index contributed by atoms with van der Waals surface area (Å²) >= 11 is 8.78. The topological polar surface area (TPSA) is 26.3 Å². The zero-order valence-electron chi connectivity index (χ0n) is 8.22. The van der Waals surface area contributed by atoms with Crippen molar-refractivity contribution in [3.05, 3.63) is 28.8 Å². The van der Waals surface area contributed by atoms with Crippen LogP contribution in [0.4, 0.5) is 8.78 Å². The number of carbonyl (C=O) groups is 1. The minimum atomic E-state index is -2.94. The summed E-state index contributed by atoms with van der Waals surface area (Å²) in [6, 6.07) is 3.86. The maximum atomic E-state index is 12.0. The molecule has 16 heavy (non-hydrogen) atoms. The summed E-state index contributed by atoms with van der Waals surface area (Å²) in [5.41, 5.74) is 0.229. The third-order valence-corrected chi connectivity index (χ3v) is 2.38. The quantitative estimate of drug-likeness (QED) is 0.622. The molecule has 88 valence electrons. The van der Waals surface area contributed by atoms with Crippen molar-refractivity contribution in [2.24, 2.45) is 0 Å². The van der Waals surface area contributed by atoms with Gasteiger partial charge < -0.3 is 4.74 Å². The van der Waals surface area contributed by atoms with E-state index in [-0.39, 0.29) is 22.1 Å². The van der Waals surface area contributed by atoms with Gasteiger partial charge in [-0.2, -0.15) is 8.78 Å². The van der Waals surface area contributed by atoms with E-state index < -0.39 is 11.4 Å². The van der Waals surface area contributed by atoms with Crippen molar-refractivity contribution >= 4 is 33.3 Å². The number of ether oxygens (including phenoxy) is 1. The van der Waals surface area contributed by atoms with Crippen molar-refractivity contribution in [2.75, 3.05) is 0 Å². The van der Waals surface area contributed by atoms with Gasteiger partial charge in [0.25, 0.3) is 0 Å². The van der Waals surface area contributed by atoms with Crippen molar-refractivity contribution in [3.63, 3.8) is 0 Å². The number of rotatable bonds is 4. The maximum absolute atomic E-state index is 12.0. The second kappa shape index (κ2) is 5.59. The SMILES string of the molecule is CC(Br)C(=O)c1cc(Cl)cc(OC(F)F)c1. The zero-order valence-corrected chi connectivity index (χ0v) is 10.6. The largest absolute Gasteiger partial charge is 0.435 e. The van der Waals surface area contributed by atoms with Crippen LogP contribution in [0.1, 0.15) is 17.3 Å². The molecule has 0 heterocycles. The fourth-order valence-corrected chi connectivity index (χ4v) is 1.59. The van der Waals surface area contributed by atoms with E-state index in [1.165, 1.54) is 18.2 Å². The molecule has 2 nitrogen and oxygen atoms in total. The molecule has 6 heteroatoms. The Morgan fingerprint density at radius 1 is 1.44 bits per heavy atom. The Kier molecular flexibility index (Phi) is 4.68. The third kappa shape index (κ3) is 3.72. The highest BCUT2D eigenvalue weighted by Gasteiger charge is 2.15. The van der Waals surface area contributed by atoms with Crippen molar-refractivity contribution in [3.8, 4) is 5.75 Å². The average molecular weight is 314 g/mol. The van der Waals surface area contributed by atoms with Gasteiger partial charge in [0, 0.05) is 10.6 Å². The first-order valence-electron chi connectivity index (χ1n) is 4.34. The lowest BCUT2D eigenvalue weighted by Crippen LogP contribution is -2.10. The second-order valence-electron chi connectivity index (χ2n) is 3.03. The first kappa shape index (κ1) is 13.4. The van der Waals surface area contributed by atoms with E-state index in [1.807, 2.05) is 0 Å². The number of hydrogen-bond acceptors (Lipinski definition) is 2. The Hall–Kier alpha value is -0.680. The monoisotopic (exact) mass is 312 g/mol.